The summed E-state index contributed by atoms with van der Waals surface area (Å²) < 4.78 is 2.65. The lowest BCUT2D eigenvalue weighted by Crippen LogP contribution is -2.27. The van der Waals surface area contributed by atoms with Crippen LogP contribution >= 0.6 is 24.0 Å². The van der Waals surface area contributed by atoms with E-state index in [0.29, 0.717) is 9.23 Å². The van der Waals surface area contributed by atoms with E-state index in [1.807, 2.05) is 56.6 Å². The van der Waals surface area contributed by atoms with Crippen molar-refractivity contribution in [2.24, 2.45) is 7.05 Å². The van der Waals surface area contributed by atoms with Crippen LogP contribution in [-0.2, 0) is 11.8 Å². The summed E-state index contributed by atoms with van der Waals surface area (Å²) in [5, 5.41) is 1.13. The van der Waals surface area contributed by atoms with Crippen molar-refractivity contribution < 1.29 is 4.79 Å². The van der Waals surface area contributed by atoms with Crippen molar-refractivity contribution in [3.05, 3.63) is 70.3 Å². The second-order valence-corrected chi connectivity index (χ2v) is 8.17. The Morgan fingerprint density at radius 1 is 1.08 bits per heavy atom. The zero-order valence-corrected chi connectivity index (χ0v) is 16.4. The number of nitrogens with zero attached hydrogens (tertiary/aromatic N) is 2. The zero-order chi connectivity index (χ0) is 18.4. The topological polar surface area (TPSA) is 25.2 Å². The SMILES string of the molecule is Cc1ccc(N2C(=O)/C(=C/c3cn(C)c4ccccc34)SC2=S)cc1C. The minimum Gasteiger partial charge on any atom is -0.350 e. The lowest BCUT2D eigenvalue weighted by Gasteiger charge is -2.15. The van der Waals surface area contributed by atoms with Gasteiger partial charge in [-0.2, -0.15) is 0 Å². The molecule has 1 aromatic heterocycles. The smallest absolute Gasteiger partial charge is 0.270 e. The molecule has 5 heteroatoms. The summed E-state index contributed by atoms with van der Waals surface area (Å²) in [7, 11) is 2.01. The third-order valence-corrected chi connectivity index (χ3v) is 6.06. The molecule has 1 aliphatic rings. The van der Waals surface area contributed by atoms with Gasteiger partial charge in [0.2, 0.25) is 0 Å². The molecule has 3 aromatic rings. The number of carbonyl (C=O) groups is 1. The average molecular weight is 379 g/mol. The second-order valence-electron chi connectivity index (χ2n) is 6.50. The van der Waals surface area contributed by atoms with E-state index in [1.54, 1.807) is 4.90 Å². The Morgan fingerprint density at radius 3 is 2.62 bits per heavy atom. The molecule has 0 radical (unpaired) electrons. The fraction of sp³-hybridized carbons (Fsp3) is 0.143. The van der Waals surface area contributed by atoms with E-state index in [2.05, 4.69) is 23.6 Å². The predicted molar refractivity (Wildman–Crippen MR) is 114 cm³/mol. The molecule has 2 aromatic carbocycles. The van der Waals surface area contributed by atoms with E-state index in [9.17, 15) is 4.79 Å². The van der Waals surface area contributed by atoms with Crippen molar-refractivity contribution in [1.29, 1.82) is 0 Å². The molecule has 2 heterocycles. The minimum atomic E-state index is -0.0591. The molecule has 0 saturated carbocycles. The normalized spacial score (nSPS) is 16.3. The van der Waals surface area contributed by atoms with Crippen molar-refractivity contribution in [3.8, 4) is 0 Å². The number of aromatic nitrogens is 1. The van der Waals surface area contributed by atoms with Gasteiger partial charge in [-0.1, -0.05) is 48.2 Å². The summed E-state index contributed by atoms with van der Waals surface area (Å²) in [6.45, 7) is 4.10. The molecule has 0 aliphatic carbocycles. The van der Waals surface area contributed by atoms with Gasteiger partial charge in [-0.3, -0.25) is 9.69 Å². The molecule has 3 nitrogen and oxygen atoms in total. The molecule has 1 amide bonds. The molecule has 0 N–H and O–H groups in total. The predicted octanol–water partition coefficient (Wildman–Crippen LogP) is 5.20. The van der Waals surface area contributed by atoms with Crippen molar-refractivity contribution in [2.45, 2.75) is 13.8 Å². The number of anilines is 1. The Labute approximate surface area is 162 Å². The summed E-state index contributed by atoms with van der Waals surface area (Å²) in [6, 6.07) is 14.2. The first kappa shape index (κ1) is 17.1. The number of benzene rings is 2. The van der Waals surface area contributed by atoms with Crippen LogP contribution in [0.3, 0.4) is 0 Å². The molecule has 4 rings (SSSR count). The van der Waals surface area contributed by atoms with Gasteiger partial charge in [0, 0.05) is 29.7 Å². The Hall–Kier alpha value is -2.37. The zero-order valence-electron chi connectivity index (χ0n) is 14.8. The van der Waals surface area contributed by atoms with Gasteiger partial charge in [0.15, 0.2) is 4.32 Å². The van der Waals surface area contributed by atoms with Crippen LogP contribution in [0.4, 0.5) is 5.69 Å². The maximum atomic E-state index is 13.0. The largest absolute Gasteiger partial charge is 0.350 e. The molecular weight excluding hydrogens is 360 g/mol. The molecule has 0 atom stereocenters. The lowest BCUT2D eigenvalue weighted by atomic mass is 10.1. The Kier molecular flexibility index (Phi) is 4.21. The van der Waals surface area contributed by atoms with Crippen molar-refractivity contribution in [2.75, 3.05) is 4.90 Å². The lowest BCUT2D eigenvalue weighted by molar-refractivity contribution is -0.113. The number of thiocarbonyl (C=S) groups is 1. The Bertz CT molecular complexity index is 1090. The van der Waals surface area contributed by atoms with Gasteiger partial charge in [0.05, 0.1) is 10.6 Å². The molecule has 0 bridgehead atoms. The number of thioether (sulfide) groups is 1. The second kappa shape index (κ2) is 6.41. The van der Waals surface area contributed by atoms with E-state index in [4.69, 9.17) is 12.2 Å². The summed E-state index contributed by atoms with van der Waals surface area (Å²) in [5.74, 6) is -0.0591. The number of rotatable bonds is 2. The highest BCUT2D eigenvalue weighted by molar-refractivity contribution is 8.27. The molecule has 0 spiro atoms. The van der Waals surface area contributed by atoms with Crippen LogP contribution in [0.1, 0.15) is 16.7 Å². The van der Waals surface area contributed by atoms with Crippen molar-refractivity contribution >= 4 is 56.9 Å². The molecule has 1 fully saturated rings. The quantitative estimate of drug-likeness (QED) is 0.453. The summed E-state index contributed by atoms with van der Waals surface area (Å²) in [4.78, 5) is 15.3. The molecule has 0 unspecified atom stereocenters. The first-order chi connectivity index (χ1) is 12.5. The van der Waals surface area contributed by atoms with Crippen LogP contribution in [0, 0.1) is 13.8 Å². The summed E-state index contributed by atoms with van der Waals surface area (Å²) >= 11 is 6.85. The van der Waals surface area contributed by atoms with Crippen LogP contribution in [0.15, 0.2) is 53.6 Å². The van der Waals surface area contributed by atoms with Gasteiger partial charge in [0.1, 0.15) is 0 Å². The minimum absolute atomic E-state index is 0.0591. The van der Waals surface area contributed by atoms with Gasteiger partial charge in [-0.25, -0.2) is 0 Å². The number of hydrogen-bond donors (Lipinski definition) is 0. The summed E-state index contributed by atoms with van der Waals surface area (Å²) in [5.41, 5.74) is 5.35. The third-order valence-electron chi connectivity index (χ3n) is 4.76. The Balaban J connectivity index is 1.74. The Morgan fingerprint density at radius 2 is 1.85 bits per heavy atom. The van der Waals surface area contributed by atoms with E-state index < -0.39 is 0 Å². The number of carbonyl (C=O) groups excluding carboxylic acids is 1. The van der Waals surface area contributed by atoms with E-state index in [1.165, 1.54) is 17.3 Å². The van der Waals surface area contributed by atoms with E-state index in [-0.39, 0.29) is 5.91 Å². The molecule has 26 heavy (non-hydrogen) atoms. The molecule has 1 aliphatic heterocycles. The van der Waals surface area contributed by atoms with Gasteiger partial charge >= 0.3 is 0 Å². The number of fused-ring (bicyclic) bond motifs is 1. The monoisotopic (exact) mass is 378 g/mol. The van der Waals surface area contributed by atoms with Crippen molar-refractivity contribution in [1.82, 2.24) is 4.57 Å². The molecule has 130 valence electrons. The highest BCUT2D eigenvalue weighted by atomic mass is 32.2. The highest BCUT2D eigenvalue weighted by Crippen LogP contribution is 2.37. The van der Waals surface area contributed by atoms with Gasteiger partial charge < -0.3 is 4.57 Å². The van der Waals surface area contributed by atoms with Crippen LogP contribution in [-0.4, -0.2) is 14.8 Å². The van der Waals surface area contributed by atoms with E-state index >= 15 is 0 Å². The van der Waals surface area contributed by atoms with Gasteiger partial charge in [-0.15, -0.1) is 0 Å². The van der Waals surface area contributed by atoms with Crippen molar-refractivity contribution in [3.63, 3.8) is 0 Å². The van der Waals surface area contributed by atoms with Gasteiger partial charge in [0.25, 0.3) is 5.91 Å². The van der Waals surface area contributed by atoms with Crippen LogP contribution < -0.4 is 4.90 Å². The van der Waals surface area contributed by atoms with Crippen LogP contribution in [0.2, 0.25) is 0 Å². The maximum absolute atomic E-state index is 13.0. The maximum Gasteiger partial charge on any atom is 0.270 e. The first-order valence-electron chi connectivity index (χ1n) is 8.35. The van der Waals surface area contributed by atoms with E-state index in [0.717, 1.165) is 27.7 Å². The number of amides is 1. The van der Waals surface area contributed by atoms with Gasteiger partial charge in [-0.05, 0) is 49.2 Å². The molecule has 1 saturated heterocycles. The fourth-order valence-electron chi connectivity index (χ4n) is 3.18. The standard InChI is InChI=1S/C21H18N2OS2/c1-13-8-9-16(10-14(13)2)23-20(24)19(26-21(23)25)11-15-12-22(3)18-7-5-4-6-17(15)18/h4-12H,1-3H3/b19-11-. The third kappa shape index (κ3) is 2.77. The van der Waals surface area contributed by atoms with Crippen LogP contribution in [0.25, 0.3) is 17.0 Å². The number of para-hydroxylation sites is 1. The first-order valence-corrected chi connectivity index (χ1v) is 9.57. The molecular formula is C21H18N2OS2. The average Bonchev–Trinajstić information content (AvgIpc) is 3.08. The van der Waals surface area contributed by atoms with Crippen LogP contribution in [0.5, 0.6) is 0 Å². The summed E-state index contributed by atoms with van der Waals surface area (Å²) in [6.07, 6.45) is 4.00. The number of aryl methyl sites for hydroxylation is 3. The fourth-order valence-corrected chi connectivity index (χ4v) is 4.47. The number of hydrogen-bond acceptors (Lipinski definition) is 3. The highest BCUT2D eigenvalue weighted by Gasteiger charge is 2.33.